The molecule has 0 spiro atoms. The molecule has 2 aromatic rings. The van der Waals surface area contributed by atoms with Crippen LogP contribution in [0.2, 0.25) is 5.02 Å². The standard InChI is InChI=1S/C24H24ClNO2/c1-15-8-10-16(11-9-15)26-20-13-24(2,3)14-21(27)23(20)18(12-22(26)28)17-6-4-5-7-19(17)25/h4-11,18H,12-14H2,1-3H3. The first-order valence-corrected chi connectivity index (χ1v) is 10.0. The third-order valence-corrected chi connectivity index (χ3v) is 6.06. The van der Waals surface area contributed by atoms with E-state index in [0.29, 0.717) is 17.9 Å². The number of nitrogens with zero attached hydrogens (tertiary/aromatic N) is 1. The van der Waals surface area contributed by atoms with Crippen LogP contribution in [0.3, 0.4) is 0 Å². The van der Waals surface area contributed by atoms with E-state index in [2.05, 4.69) is 13.8 Å². The summed E-state index contributed by atoms with van der Waals surface area (Å²) >= 11 is 6.45. The second-order valence-corrected chi connectivity index (χ2v) is 9.05. The Morgan fingerprint density at radius 1 is 1.00 bits per heavy atom. The van der Waals surface area contributed by atoms with Crippen LogP contribution in [-0.4, -0.2) is 11.7 Å². The number of carbonyl (C=O) groups is 2. The minimum Gasteiger partial charge on any atom is -0.294 e. The molecular weight excluding hydrogens is 370 g/mol. The summed E-state index contributed by atoms with van der Waals surface area (Å²) in [5, 5.41) is 0.605. The van der Waals surface area contributed by atoms with Gasteiger partial charge in [-0.2, -0.15) is 0 Å². The topological polar surface area (TPSA) is 37.4 Å². The number of aryl methyl sites for hydroxylation is 1. The van der Waals surface area contributed by atoms with Crippen LogP contribution in [0, 0.1) is 12.3 Å². The van der Waals surface area contributed by atoms with E-state index >= 15 is 0 Å². The highest BCUT2D eigenvalue weighted by molar-refractivity contribution is 6.31. The number of ketones is 1. The van der Waals surface area contributed by atoms with E-state index in [-0.39, 0.29) is 29.4 Å². The lowest BCUT2D eigenvalue weighted by Gasteiger charge is -2.43. The molecule has 2 aromatic carbocycles. The Balaban J connectivity index is 1.91. The zero-order chi connectivity index (χ0) is 20.1. The maximum atomic E-state index is 13.3. The number of hydrogen-bond donors (Lipinski definition) is 0. The van der Waals surface area contributed by atoms with Gasteiger partial charge in [-0.05, 0) is 42.5 Å². The molecule has 28 heavy (non-hydrogen) atoms. The van der Waals surface area contributed by atoms with Crippen LogP contribution in [-0.2, 0) is 9.59 Å². The van der Waals surface area contributed by atoms with Crippen molar-refractivity contribution < 1.29 is 9.59 Å². The number of hydrogen-bond acceptors (Lipinski definition) is 2. The second kappa shape index (κ2) is 6.89. The molecule has 1 heterocycles. The molecule has 0 fully saturated rings. The van der Waals surface area contributed by atoms with Gasteiger partial charge in [0, 0.05) is 40.7 Å². The van der Waals surface area contributed by atoms with Gasteiger partial charge in [-0.25, -0.2) is 0 Å². The lowest BCUT2D eigenvalue weighted by Crippen LogP contribution is -2.43. The molecule has 3 nitrogen and oxygen atoms in total. The molecule has 1 aliphatic carbocycles. The van der Waals surface area contributed by atoms with Crippen molar-refractivity contribution >= 4 is 29.0 Å². The van der Waals surface area contributed by atoms with Crippen molar-refractivity contribution in [2.45, 2.75) is 46.0 Å². The minimum absolute atomic E-state index is 0.0121. The third kappa shape index (κ3) is 3.29. The average molecular weight is 394 g/mol. The smallest absolute Gasteiger partial charge is 0.232 e. The molecule has 4 rings (SSSR count). The van der Waals surface area contributed by atoms with E-state index in [1.165, 1.54) is 0 Å². The van der Waals surface area contributed by atoms with E-state index < -0.39 is 0 Å². The average Bonchev–Trinajstić information content (AvgIpc) is 2.61. The van der Waals surface area contributed by atoms with E-state index in [9.17, 15) is 9.59 Å². The first-order valence-electron chi connectivity index (χ1n) is 9.67. The maximum absolute atomic E-state index is 13.3. The summed E-state index contributed by atoms with van der Waals surface area (Å²) in [7, 11) is 0. The Bertz CT molecular complexity index is 988. The number of allylic oxidation sites excluding steroid dienone is 2. The summed E-state index contributed by atoms with van der Waals surface area (Å²) < 4.78 is 0. The van der Waals surface area contributed by atoms with Crippen LogP contribution in [0.4, 0.5) is 5.69 Å². The van der Waals surface area contributed by atoms with Crippen molar-refractivity contribution in [2.24, 2.45) is 5.41 Å². The van der Waals surface area contributed by atoms with Crippen LogP contribution in [0.5, 0.6) is 0 Å². The van der Waals surface area contributed by atoms with Gasteiger partial charge in [-0.15, -0.1) is 0 Å². The van der Waals surface area contributed by atoms with Crippen molar-refractivity contribution in [2.75, 3.05) is 4.90 Å². The number of rotatable bonds is 2. The van der Waals surface area contributed by atoms with Crippen molar-refractivity contribution in [3.05, 3.63) is 76.0 Å². The Hall–Kier alpha value is -2.39. The molecular formula is C24H24ClNO2. The van der Waals surface area contributed by atoms with Crippen molar-refractivity contribution in [3.8, 4) is 0 Å². The first-order chi connectivity index (χ1) is 13.3. The number of benzene rings is 2. The highest BCUT2D eigenvalue weighted by Crippen LogP contribution is 2.49. The second-order valence-electron chi connectivity index (χ2n) is 8.64. The summed E-state index contributed by atoms with van der Waals surface area (Å²) in [4.78, 5) is 28.3. The first kappa shape index (κ1) is 18.9. The van der Waals surface area contributed by atoms with Gasteiger partial charge in [-0.3, -0.25) is 14.5 Å². The fourth-order valence-corrected chi connectivity index (χ4v) is 4.70. The van der Waals surface area contributed by atoms with Crippen LogP contribution < -0.4 is 4.90 Å². The van der Waals surface area contributed by atoms with Crippen LogP contribution in [0.25, 0.3) is 0 Å². The van der Waals surface area contributed by atoms with Crippen LogP contribution in [0.1, 0.15) is 50.2 Å². The maximum Gasteiger partial charge on any atom is 0.232 e. The molecule has 1 aliphatic heterocycles. The highest BCUT2D eigenvalue weighted by atomic mass is 35.5. The Morgan fingerprint density at radius 2 is 1.68 bits per heavy atom. The number of halogens is 1. The van der Waals surface area contributed by atoms with Gasteiger partial charge in [-0.1, -0.05) is 61.3 Å². The van der Waals surface area contributed by atoms with Crippen molar-refractivity contribution in [1.82, 2.24) is 0 Å². The third-order valence-electron chi connectivity index (χ3n) is 5.72. The Kier molecular flexibility index (Phi) is 4.67. The molecule has 0 saturated heterocycles. The lowest BCUT2D eigenvalue weighted by atomic mass is 9.69. The van der Waals surface area contributed by atoms with Crippen LogP contribution in [0.15, 0.2) is 59.8 Å². The fraction of sp³-hybridized carbons (Fsp3) is 0.333. The number of amides is 1. The summed E-state index contributed by atoms with van der Waals surface area (Å²) in [6.45, 7) is 6.20. The fourth-order valence-electron chi connectivity index (χ4n) is 4.43. The van der Waals surface area contributed by atoms with Crippen molar-refractivity contribution in [3.63, 3.8) is 0 Å². The molecule has 1 unspecified atom stereocenters. The summed E-state index contributed by atoms with van der Waals surface area (Å²) in [5.74, 6) is -0.139. The molecule has 1 amide bonds. The van der Waals surface area contributed by atoms with Gasteiger partial charge in [0.2, 0.25) is 5.91 Å². The van der Waals surface area contributed by atoms with Gasteiger partial charge in [0.15, 0.2) is 5.78 Å². The molecule has 0 radical (unpaired) electrons. The Labute approximate surface area is 171 Å². The molecule has 4 heteroatoms. The zero-order valence-electron chi connectivity index (χ0n) is 16.5. The van der Waals surface area contributed by atoms with Gasteiger partial charge in [0.25, 0.3) is 0 Å². The van der Waals surface area contributed by atoms with Gasteiger partial charge in [0.1, 0.15) is 0 Å². The minimum atomic E-state index is -0.276. The molecule has 0 saturated carbocycles. The quantitative estimate of drug-likeness (QED) is 0.645. The largest absolute Gasteiger partial charge is 0.294 e. The Morgan fingerprint density at radius 3 is 2.36 bits per heavy atom. The normalized spacial score (nSPS) is 21.7. The molecule has 0 N–H and O–H groups in total. The molecule has 0 aromatic heterocycles. The van der Waals surface area contributed by atoms with Gasteiger partial charge in [0.05, 0.1) is 0 Å². The lowest BCUT2D eigenvalue weighted by molar-refractivity contribution is -0.121. The zero-order valence-corrected chi connectivity index (χ0v) is 17.2. The number of carbonyl (C=O) groups excluding carboxylic acids is 2. The van der Waals surface area contributed by atoms with Crippen molar-refractivity contribution in [1.29, 1.82) is 0 Å². The monoisotopic (exact) mass is 393 g/mol. The molecule has 144 valence electrons. The predicted molar refractivity (Wildman–Crippen MR) is 113 cm³/mol. The van der Waals surface area contributed by atoms with E-state index in [1.54, 1.807) is 4.90 Å². The van der Waals surface area contributed by atoms with E-state index in [1.807, 2.05) is 55.5 Å². The van der Waals surface area contributed by atoms with Gasteiger partial charge >= 0.3 is 0 Å². The predicted octanol–water partition coefficient (Wildman–Crippen LogP) is 5.81. The number of Topliss-reactive ketones (excluding diaryl/α,β-unsaturated/α-hetero) is 1. The SMILES string of the molecule is Cc1ccc(N2C(=O)CC(c3ccccc3Cl)C3=C2CC(C)(C)CC3=O)cc1. The van der Waals surface area contributed by atoms with E-state index in [4.69, 9.17) is 11.6 Å². The molecule has 0 bridgehead atoms. The summed E-state index contributed by atoms with van der Waals surface area (Å²) in [6, 6.07) is 15.5. The van der Waals surface area contributed by atoms with Crippen LogP contribution >= 0.6 is 11.6 Å². The summed E-state index contributed by atoms with van der Waals surface area (Å²) in [5.41, 5.74) is 4.24. The molecule has 1 atom stereocenters. The number of anilines is 1. The summed E-state index contributed by atoms with van der Waals surface area (Å²) in [6.07, 6.45) is 1.43. The highest BCUT2D eigenvalue weighted by Gasteiger charge is 2.44. The molecule has 2 aliphatic rings. The van der Waals surface area contributed by atoms with Gasteiger partial charge < -0.3 is 0 Å². The van der Waals surface area contributed by atoms with E-state index in [0.717, 1.165) is 28.1 Å².